The summed E-state index contributed by atoms with van der Waals surface area (Å²) in [6, 6.07) is 11.5. The smallest absolute Gasteiger partial charge is 0.226 e. The molecule has 1 aromatic heterocycles. The number of hydrogen-bond donors (Lipinski definition) is 0. The number of pyridine rings is 1. The number of hydrogen-bond acceptors (Lipinski definition) is 2. The molecule has 1 heterocycles. The standard InChI is InChI=1S/C14H12BrNO/c1-10(2)13-4-3-9-16-14(13)17-12-7-5-11(15)6-8-12/h3-9H,1H2,2H3. The molecule has 0 aliphatic heterocycles. The maximum absolute atomic E-state index is 5.73. The van der Waals surface area contributed by atoms with Crippen LogP contribution in [0.1, 0.15) is 12.5 Å². The molecule has 0 saturated carbocycles. The largest absolute Gasteiger partial charge is 0.438 e. The summed E-state index contributed by atoms with van der Waals surface area (Å²) >= 11 is 3.38. The first kappa shape index (κ1) is 11.9. The zero-order chi connectivity index (χ0) is 12.3. The Hall–Kier alpha value is -1.61. The van der Waals surface area contributed by atoms with E-state index >= 15 is 0 Å². The third-order valence-electron chi connectivity index (χ3n) is 2.26. The fourth-order valence-electron chi connectivity index (χ4n) is 1.41. The molecule has 0 unspecified atom stereocenters. The van der Waals surface area contributed by atoms with Crippen molar-refractivity contribution in [2.45, 2.75) is 6.92 Å². The molecule has 2 nitrogen and oxygen atoms in total. The maximum Gasteiger partial charge on any atom is 0.226 e. The number of halogens is 1. The first-order chi connectivity index (χ1) is 8.16. The average Bonchev–Trinajstić information content (AvgIpc) is 2.32. The van der Waals surface area contributed by atoms with Crippen LogP contribution in [-0.2, 0) is 0 Å². The van der Waals surface area contributed by atoms with Crippen LogP contribution >= 0.6 is 15.9 Å². The molecular weight excluding hydrogens is 278 g/mol. The van der Waals surface area contributed by atoms with Crippen molar-refractivity contribution in [3.63, 3.8) is 0 Å². The summed E-state index contributed by atoms with van der Waals surface area (Å²) in [5.41, 5.74) is 1.86. The molecule has 86 valence electrons. The van der Waals surface area contributed by atoms with Crippen molar-refractivity contribution in [2.75, 3.05) is 0 Å². The van der Waals surface area contributed by atoms with Crippen LogP contribution in [0.2, 0.25) is 0 Å². The lowest BCUT2D eigenvalue weighted by molar-refractivity contribution is 0.461. The average molecular weight is 290 g/mol. The number of rotatable bonds is 3. The van der Waals surface area contributed by atoms with E-state index in [1.807, 2.05) is 43.3 Å². The Morgan fingerprint density at radius 2 is 1.94 bits per heavy atom. The van der Waals surface area contributed by atoms with E-state index in [0.717, 1.165) is 21.4 Å². The van der Waals surface area contributed by atoms with Gasteiger partial charge in [-0.3, -0.25) is 0 Å². The zero-order valence-electron chi connectivity index (χ0n) is 9.48. The summed E-state index contributed by atoms with van der Waals surface area (Å²) in [5.74, 6) is 1.34. The first-order valence-corrected chi connectivity index (χ1v) is 6.00. The van der Waals surface area contributed by atoms with E-state index in [9.17, 15) is 0 Å². The van der Waals surface area contributed by atoms with Crippen molar-refractivity contribution < 1.29 is 4.74 Å². The van der Waals surface area contributed by atoms with Gasteiger partial charge in [0.05, 0.1) is 0 Å². The summed E-state index contributed by atoms with van der Waals surface area (Å²) in [7, 11) is 0. The van der Waals surface area contributed by atoms with Gasteiger partial charge in [-0.1, -0.05) is 22.5 Å². The van der Waals surface area contributed by atoms with Gasteiger partial charge in [-0.25, -0.2) is 4.98 Å². The molecule has 0 aliphatic rings. The second-order valence-corrected chi connectivity index (χ2v) is 4.61. The van der Waals surface area contributed by atoms with Gasteiger partial charge in [0, 0.05) is 16.2 Å². The molecule has 0 saturated heterocycles. The molecule has 0 amide bonds. The third-order valence-corrected chi connectivity index (χ3v) is 2.79. The van der Waals surface area contributed by atoms with Crippen molar-refractivity contribution in [3.8, 4) is 11.6 Å². The van der Waals surface area contributed by atoms with Crippen molar-refractivity contribution in [1.29, 1.82) is 0 Å². The molecule has 0 atom stereocenters. The molecule has 17 heavy (non-hydrogen) atoms. The predicted molar refractivity (Wildman–Crippen MR) is 73.2 cm³/mol. The van der Waals surface area contributed by atoms with Gasteiger partial charge in [-0.15, -0.1) is 0 Å². The van der Waals surface area contributed by atoms with E-state index < -0.39 is 0 Å². The monoisotopic (exact) mass is 289 g/mol. The van der Waals surface area contributed by atoms with Crippen LogP contribution in [0.4, 0.5) is 0 Å². The molecule has 0 radical (unpaired) electrons. The molecule has 3 heteroatoms. The summed E-state index contributed by atoms with van der Waals surface area (Å²) in [5, 5.41) is 0. The molecule has 0 bridgehead atoms. The Balaban J connectivity index is 2.30. The maximum atomic E-state index is 5.73. The lowest BCUT2D eigenvalue weighted by Gasteiger charge is -2.09. The molecule has 2 rings (SSSR count). The van der Waals surface area contributed by atoms with Crippen molar-refractivity contribution in [3.05, 3.63) is 59.2 Å². The number of allylic oxidation sites excluding steroid dienone is 1. The minimum absolute atomic E-state index is 0.585. The number of nitrogens with zero attached hydrogens (tertiary/aromatic N) is 1. The highest BCUT2D eigenvalue weighted by Gasteiger charge is 2.06. The SMILES string of the molecule is C=C(C)c1cccnc1Oc1ccc(Br)cc1. The van der Waals surface area contributed by atoms with Crippen LogP contribution in [0.25, 0.3) is 5.57 Å². The third kappa shape index (κ3) is 2.94. The van der Waals surface area contributed by atoms with E-state index in [-0.39, 0.29) is 0 Å². The molecular formula is C14H12BrNO. The van der Waals surface area contributed by atoms with Gasteiger partial charge < -0.3 is 4.74 Å². The summed E-state index contributed by atoms with van der Waals surface area (Å²) in [6.07, 6.45) is 1.71. The molecule has 0 fully saturated rings. The Kier molecular flexibility index (Phi) is 3.59. The van der Waals surface area contributed by atoms with E-state index in [4.69, 9.17) is 4.74 Å². The van der Waals surface area contributed by atoms with Crippen LogP contribution in [0.3, 0.4) is 0 Å². The van der Waals surface area contributed by atoms with Gasteiger partial charge >= 0.3 is 0 Å². The lowest BCUT2D eigenvalue weighted by Crippen LogP contribution is -1.92. The quantitative estimate of drug-likeness (QED) is 0.819. The van der Waals surface area contributed by atoms with Gasteiger partial charge in [0.1, 0.15) is 5.75 Å². The highest BCUT2D eigenvalue weighted by molar-refractivity contribution is 9.10. The number of ether oxygens (including phenoxy) is 1. The second kappa shape index (κ2) is 5.15. The molecule has 0 N–H and O–H groups in total. The Bertz CT molecular complexity index is 534. The Labute approximate surface area is 109 Å². The summed E-state index contributed by atoms with van der Waals surface area (Å²) in [4.78, 5) is 4.22. The van der Waals surface area contributed by atoms with Crippen molar-refractivity contribution >= 4 is 21.5 Å². The van der Waals surface area contributed by atoms with Gasteiger partial charge in [0.2, 0.25) is 5.88 Å². The van der Waals surface area contributed by atoms with Crippen molar-refractivity contribution in [1.82, 2.24) is 4.98 Å². The van der Waals surface area contributed by atoms with Crippen LogP contribution in [0, 0.1) is 0 Å². The minimum Gasteiger partial charge on any atom is -0.438 e. The van der Waals surface area contributed by atoms with Crippen molar-refractivity contribution in [2.24, 2.45) is 0 Å². The Morgan fingerprint density at radius 3 is 2.59 bits per heavy atom. The normalized spacial score (nSPS) is 10.0. The van der Waals surface area contributed by atoms with E-state index in [2.05, 4.69) is 27.5 Å². The second-order valence-electron chi connectivity index (χ2n) is 3.69. The van der Waals surface area contributed by atoms with Gasteiger partial charge in [0.25, 0.3) is 0 Å². The lowest BCUT2D eigenvalue weighted by atomic mass is 10.1. The van der Waals surface area contributed by atoms with Gasteiger partial charge in [-0.2, -0.15) is 0 Å². The van der Waals surface area contributed by atoms with Crippen LogP contribution in [-0.4, -0.2) is 4.98 Å². The minimum atomic E-state index is 0.585. The predicted octanol–water partition coefficient (Wildman–Crippen LogP) is 4.67. The van der Waals surface area contributed by atoms with E-state index in [0.29, 0.717) is 5.88 Å². The first-order valence-electron chi connectivity index (χ1n) is 5.21. The summed E-state index contributed by atoms with van der Waals surface area (Å²) < 4.78 is 6.75. The van der Waals surface area contributed by atoms with Gasteiger partial charge in [-0.05, 0) is 48.9 Å². The van der Waals surface area contributed by atoms with Crippen LogP contribution < -0.4 is 4.74 Å². The topological polar surface area (TPSA) is 22.1 Å². The molecule has 0 aliphatic carbocycles. The van der Waals surface area contributed by atoms with Crippen LogP contribution in [0.15, 0.2) is 53.6 Å². The zero-order valence-corrected chi connectivity index (χ0v) is 11.1. The Morgan fingerprint density at radius 1 is 1.24 bits per heavy atom. The van der Waals surface area contributed by atoms with E-state index in [1.54, 1.807) is 6.20 Å². The fraction of sp³-hybridized carbons (Fsp3) is 0.0714. The fourth-order valence-corrected chi connectivity index (χ4v) is 1.68. The van der Waals surface area contributed by atoms with E-state index in [1.165, 1.54) is 0 Å². The molecule has 0 spiro atoms. The highest BCUT2D eigenvalue weighted by Crippen LogP contribution is 2.27. The van der Waals surface area contributed by atoms with Gasteiger partial charge in [0.15, 0.2) is 0 Å². The number of aromatic nitrogens is 1. The number of benzene rings is 1. The summed E-state index contributed by atoms with van der Waals surface area (Å²) in [6.45, 7) is 5.85. The molecule has 2 aromatic rings. The highest BCUT2D eigenvalue weighted by atomic mass is 79.9. The molecule has 1 aromatic carbocycles. The van der Waals surface area contributed by atoms with Crippen LogP contribution in [0.5, 0.6) is 11.6 Å².